The Kier molecular flexibility index (Phi) is 10.3. The fraction of sp³-hybridized carbons (Fsp3) is 0.500. The van der Waals surface area contributed by atoms with E-state index in [1.165, 1.54) is 12.1 Å². The lowest BCUT2D eigenvalue weighted by Gasteiger charge is -2.09. The van der Waals surface area contributed by atoms with E-state index in [1.807, 2.05) is 13.8 Å². The smallest absolute Gasteiger partial charge is 0.191 e. The number of nitrogens with one attached hydrogen (secondary N) is 2. The summed E-state index contributed by atoms with van der Waals surface area (Å²) in [4.78, 5) is 4.37. The Bertz CT molecular complexity index is 397. The lowest BCUT2D eigenvalue weighted by Crippen LogP contribution is -2.37. The van der Waals surface area contributed by atoms with Crippen LogP contribution in [0.2, 0.25) is 0 Å². The first kappa shape index (κ1) is 19.1. The highest BCUT2D eigenvalue weighted by Crippen LogP contribution is 2.09. The second kappa shape index (κ2) is 10.8. The second-order valence-corrected chi connectivity index (χ2v) is 4.17. The van der Waals surface area contributed by atoms with Crippen molar-refractivity contribution >= 4 is 29.9 Å². The van der Waals surface area contributed by atoms with Gasteiger partial charge in [-0.2, -0.15) is 0 Å². The van der Waals surface area contributed by atoms with Crippen LogP contribution in [0.15, 0.2) is 23.2 Å². The second-order valence-electron chi connectivity index (χ2n) is 4.17. The van der Waals surface area contributed by atoms with Crippen LogP contribution < -0.4 is 10.6 Å². The van der Waals surface area contributed by atoms with Gasteiger partial charge in [0.2, 0.25) is 0 Å². The van der Waals surface area contributed by atoms with Crippen molar-refractivity contribution in [2.45, 2.75) is 26.7 Å². The van der Waals surface area contributed by atoms with Crippen LogP contribution in [0.4, 0.5) is 8.78 Å². The van der Waals surface area contributed by atoms with Crippen molar-refractivity contribution in [1.82, 2.24) is 10.6 Å². The summed E-state index contributed by atoms with van der Waals surface area (Å²) in [6, 6.07) is 3.61. The summed E-state index contributed by atoms with van der Waals surface area (Å²) in [6.07, 6.45) is 1.37. The molecule has 2 N–H and O–H groups in total. The first-order valence-corrected chi connectivity index (χ1v) is 6.62. The number of guanidine groups is 1. The summed E-state index contributed by atoms with van der Waals surface area (Å²) in [5.74, 6) is -0.283. The molecule has 0 heterocycles. The number of nitrogens with zero attached hydrogens (tertiary/aromatic N) is 1. The lowest BCUT2D eigenvalue weighted by molar-refractivity contribution is 0.578. The van der Waals surface area contributed by atoms with Gasteiger partial charge in [-0.15, -0.1) is 24.0 Å². The minimum absolute atomic E-state index is 0. The maximum atomic E-state index is 13.0. The van der Waals surface area contributed by atoms with E-state index in [2.05, 4.69) is 15.6 Å². The first-order valence-electron chi connectivity index (χ1n) is 6.62. The molecule has 1 rings (SSSR count). The third-order valence-electron chi connectivity index (χ3n) is 2.50. The number of benzene rings is 1. The van der Waals surface area contributed by atoms with Crippen LogP contribution >= 0.6 is 24.0 Å². The number of aryl methyl sites for hydroxylation is 1. The molecule has 0 amide bonds. The first-order chi connectivity index (χ1) is 9.15. The van der Waals surface area contributed by atoms with E-state index < -0.39 is 11.6 Å². The third kappa shape index (κ3) is 7.62. The van der Waals surface area contributed by atoms with Crippen LogP contribution in [-0.4, -0.2) is 25.6 Å². The highest BCUT2D eigenvalue weighted by atomic mass is 127. The fourth-order valence-corrected chi connectivity index (χ4v) is 1.74. The number of halogens is 3. The van der Waals surface area contributed by atoms with Gasteiger partial charge < -0.3 is 10.6 Å². The standard InChI is InChI=1S/C14H21F2N3.HI/c1-3-17-14(18-4-2)19-7-5-6-11-8-12(15)10-13(16)9-11;/h8-10H,3-7H2,1-2H3,(H2,17,18,19);1H. The average Bonchev–Trinajstić information content (AvgIpc) is 2.34. The molecule has 114 valence electrons. The highest BCUT2D eigenvalue weighted by Gasteiger charge is 2.00. The monoisotopic (exact) mass is 397 g/mol. The van der Waals surface area contributed by atoms with E-state index in [4.69, 9.17) is 0 Å². The highest BCUT2D eigenvalue weighted by molar-refractivity contribution is 14.0. The maximum Gasteiger partial charge on any atom is 0.191 e. The summed E-state index contributed by atoms with van der Waals surface area (Å²) in [5.41, 5.74) is 0.668. The Labute approximate surface area is 136 Å². The minimum atomic E-state index is -0.528. The summed E-state index contributed by atoms with van der Waals surface area (Å²) in [6.45, 7) is 6.24. The van der Waals surface area contributed by atoms with Crippen molar-refractivity contribution < 1.29 is 8.78 Å². The van der Waals surface area contributed by atoms with E-state index in [0.717, 1.165) is 31.5 Å². The molecule has 6 heteroatoms. The Morgan fingerprint density at radius 1 is 1.05 bits per heavy atom. The molecule has 0 saturated carbocycles. The zero-order valence-electron chi connectivity index (χ0n) is 11.9. The van der Waals surface area contributed by atoms with Gasteiger partial charge in [0.15, 0.2) is 5.96 Å². The summed E-state index contributed by atoms with van der Waals surface area (Å²) in [5, 5.41) is 6.24. The summed E-state index contributed by atoms with van der Waals surface area (Å²) < 4.78 is 26.0. The molecule has 0 aliphatic carbocycles. The summed E-state index contributed by atoms with van der Waals surface area (Å²) >= 11 is 0. The molecule has 1 aromatic carbocycles. The van der Waals surface area contributed by atoms with Crippen LogP contribution in [0.25, 0.3) is 0 Å². The average molecular weight is 397 g/mol. The Hall–Kier alpha value is -0.920. The lowest BCUT2D eigenvalue weighted by atomic mass is 10.1. The molecular formula is C14H22F2IN3. The maximum absolute atomic E-state index is 13.0. The topological polar surface area (TPSA) is 36.4 Å². The van der Waals surface area contributed by atoms with Crippen LogP contribution in [0, 0.1) is 11.6 Å². The molecule has 0 aromatic heterocycles. The van der Waals surface area contributed by atoms with Crippen molar-refractivity contribution in [1.29, 1.82) is 0 Å². The Morgan fingerprint density at radius 2 is 1.60 bits per heavy atom. The van der Waals surface area contributed by atoms with Crippen LogP contribution in [0.3, 0.4) is 0 Å². The van der Waals surface area contributed by atoms with Gasteiger partial charge in [-0.25, -0.2) is 8.78 Å². The van der Waals surface area contributed by atoms with Crippen molar-refractivity contribution in [3.63, 3.8) is 0 Å². The molecule has 0 unspecified atom stereocenters. The SMILES string of the molecule is CCNC(=NCCCc1cc(F)cc(F)c1)NCC.I. The molecule has 0 aliphatic heterocycles. The normalized spacial score (nSPS) is 9.60. The van der Waals surface area contributed by atoms with Gasteiger partial charge in [-0.3, -0.25) is 4.99 Å². The molecule has 1 aromatic rings. The molecule has 3 nitrogen and oxygen atoms in total. The van der Waals surface area contributed by atoms with Crippen LogP contribution in [-0.2, 0) is 6.42 Å². The molecule has 20 heavy (non-hydrogen) atoms. The zero-order valence-corrected chi connectivity index (χ0v) is 14.2. The summed E-state index contributed by atoms with van der Waals surface area (Å²) in [7, 11) is 0. The van der Waals surface area contributed by atoms with Gasteiger partial charge in [0.05, 0.1) is 0 Å². The van der Waals surface area contributed by atoms with E-state index in [9.17, 15) is 8.78 Å². The number of hydrogen-bond donors (Lipinski definition) is 2. The predicted molar refractivity (Wildman–Crippen MR) is 89.7 cm³/mol. The van der Waals surface area contributed by atoms with Crippen molar-refractivity contribution in [3.05, 3.63) is 35.4 Å². The predicted octanol–water partition coefficient (Wildman–Crippen LogP) is 3.09. The van der Waals surface area contributed by atoms with E-state index >= 15 is 0 Å². The van der Waals surface area contributed by atoms with Crippen LogP contribution in [0.1, 0.15) is 25.8 Å². The molecule has 0 radical (unpaired) electrons. The van der Waals surface area contributed by atoms with Gasteiger partial charge in [-0.05, 0) is 44.4 Å². The third-order valence-corrected chi connectivity index (χ3v) is 2.50. The van der Waals surface area contributed by atoms with Crippen molar-refractivity contribution in [2.75, 3.05) is 19.6 Å². The van der Waals surface area contributed by atoms with Crippen LogP contribution in [0.5, 0.6) is 0 Å². The Morgan fingerprint density at radius 3 is 2.10 bits per heavy atom. The fourth-order valence-electron chi connectivity index (χ4n) is 1.74. The van der Waals surface area contributed by atoms with E-state index in [-0.39, 0.29) is 24.0 Å². The largest absolute Gasteiger partial charge is 0.357 e. The number of aliphatic imine (C=N–C) groups is 1. The van der Waals surface area contributed by atoms with Gasteiger partial charge in [0.25, 0.3) is 0 Å². The molecule has 0 atom stereocenters. The number of hydrogen-bond acceptors (Lipinski definition) is 1. The molecule has 0 aliphatic rings. The number of rotatable bonds is 6. The molecule has 0 spiro atoms. The Balaban J connectivity index is 0.00000361. The molecule has 0 fully saturated rings. The van der Waals surface area contributed by atoms with Crippen molar-refractivity contribution in [2.24, 2.45) is 4.99 Å². The van der Waals surface area contributed by atoms with Gasteiger partial charge in [0, 0.05) is 25.7 Å². The molecule has 0 saturated heterocycles. The van der Waals surface area contributed by atoms with Gasteiger partial charge in [0.1, 0.15) is 11.6 Å². The molecule has 0 bridgehead atoms. The zero-order chi connectivity index (χ0) is 14.1. The quantitative estimate of drug-likeness (QED) is 0.335. The molecular weight excluding hydrogens is 375 g/mol. The van der Waals surface area contributed by atoms with E-state index in [1.54, 1.807) is 0 Å². The van der Waals surface area contributed by atoms with Crippen molar-refractivity contribution in [3.8, 4) is 0 Å². The van der Waals surface area contributed by atoms with Gasteiger partial charge >= 0.3 is 0 Å². The minimum Gasteiger partial charge on any atom is -0.357 e. The van der Waals surface area contributed by atoms with E-state index in [0.29, 0.717) is 18.5 Å². The van der Waals surface area contributed by atoms with Gasteiger partial charge in [-0.1, -0.05) is 0 Å².